The highest BCUT2D eigenvalue weighted by Crippen LogP contribution is 2.37. The van der Waals surface area contributed by atoms with Gasteiger partial charge in [0, 0.05) is 3.58 Å². The molecule has 0 atom stereocenters. The van der Waals surface area contributed by atoms with Crippen LogP contribution in [-0.2, 0) is 4.43 Å². The van der Waals surface area contributed by atoms with Crippen molar-refractivity contribution in [3.8, 4) is 0 Å². The van der Waals surface area contributed by atoms with Gasteiger partial charge >= 0.3 is 0 Å². The molecule has 2 rings (SSSR count). The van der Waals surface area contributed by atoms with Gasteiger partial charge in [-0.3, -0.25) is 0 Å². The number of hydrogen-bond donors (Lipinski definition) is 0. The van der Waals surface area contributed by atoms with Gasteiger partial charge in [-0.05, 0) is 51.9 Å². The van der Waals surface area contributed by atoms with Crippen LogP contribution in [0.4, 0.5) is 0 Å². The minimum absolute atomic E-state index is 0.0170. The van der Waals surface area contributed by atoms with Crippen LogP contribution in [-0.4, -0.2) is 14.9 Å². The molecule has 2 aromatic carbocycles. The number of benzene rings is 2. The van der Waals surface area contributed by atoms with Crippen molar-refractivity contribution < 1.29 is 4.43 Å². The van der Waals surface area contributed by atoms with E-state index in [1.807, 2.05) is 0 Å². The van der Waals surface area contributed by atoms with E-state index in [1.54, 1.807) is 0 Å². The van der Waals surface area contributed by atoms with E-state index in [0.717, 1.165) is 0 Å². The highest BCUT2D eigenvalue weighted by Gasteiger charge is 2.50. The number of rotatable bonds is 6. The predicted molar refractivity (Wildman–Crippen MR) is 125 cm³/mol. The van der Waals surface area contributed by atoms with Crippen LogP contribution >= 0.6 is 22.6 Å². The molecule has 0 aliphatic carbocycles. The zero-order valence-electron chi connectivity index (χ0n) is 16.4. The van der Waals surface area contributed by atoms with Crippen LogP contribution in [0.5, 0.6) is 0 Å². The molecule has 1 nitrogen and oxygen atoms in total. The fourth-order valence-corrected chi connectivity index (χ4v) is 8.40. The second-order valence-electron chi connectivity index (χ2n) is 7.81. The first kappa shape index (κ1) is 21.1. The summed E-state index contributed by atoms with van der Waals surface area (Å²) < 4.78 is 8.11. The molecule has 0 aromatic heterocycles. The van der Waals surface area contributed by atoms with Crippen molar-refractivity contribution in [3.05, 3.63) is 82.0 Å². The molecule has 0 saturated heterocycles. The smallest absolute Gasteiger partial charge is 0.261 e. The Balaban J connectivity index is 2.54. The van der Waals surface area contributed by atoms with Gasteiger partial charge in [-0.15, -0.1) is 0 Å². The number of halogens is 1. The van der Waals surface area contributed by atoms with Gasteiger partial charge < -0.3 is 4.43 Å². The maximum Gasteiger partial charge on any atom is 0.261 e. The zero-order chi connectivity index (χ0) is 19.2. The molecule has 0 heterocycles. The molecule has 0 radical (unpaired) electrons. The van der Waals surface area contributed by atoms with Crippen LogP contribution in [0.2, 0.25) is 5.04 Å². The first-order chi connectivity index (χ1) is 12.3. The van der Waals surface area contributed by atoms with Crippen LogP contribution < -0.4 is 10.4 Å². The molecule has 0 N–H and O–H groups in total. The summed E-state index contributed by atoms with van der Waals surface area (Å²) in [5.74, 6) is 0. The lowest BCUT2D eigenvalue weighted by Crippen LogP contribution is -2.66. The molecule has 0 saturated carbocycles. The van der Waals surface area contributed by atoms with E-state index in [-0.39, 0.29) is 5.04 Å². The fourth-order valence-electron chi connectivity index (χ4n) is 3.24. The molecule has 2 aromatic rings. The molecule has 138 valence electrons. The summed E-state index contributed by atoms with van der Waals surface area (Å²) in [5.41, 5.74) is 1.30. The van der Waals surface area contributed by atoms with E-state index in [9.17, 15) is 0 Å². The van der Waals surface area contributed by atoms with Gasteiger partial charge in [-0.25, -0.2) is 0 Å². The standard InChI is InChI=1S/C23H29IOSi/c1-19(2)16-17-20(24)18-25-26(23(3,4)5,21-12-8-6-9-13-21)22-14-10-7-11-15-22/h6-17H,18H2,1-5H3/b20-17-. The molecule has 0 amide bonds. The third-order valence-electron chi connectivity index (χ3n) is 4.44. The van der Waals surface area contributed by atoms with Crippen LogP contribution in [0.3, 0.4) is 0 Å². The van der Waals surface area contributed by atoms with Crippen LogP contribution in [0.1, 0.15) is 34.6 Å². The van der Waals surface area contributed by atoms with Gasteiger partial charge in [-0.1, -0.05) is 99.2 Å². The van der Waals surface area contributed by atoms with Crippen molar-refractivity contribution in [2.45, 2.75) is 39.7 Å². The summed E-state index contributed by atoms with van der Waals surface area (Å²) in [7, 11) is -2.43. The maximum atomic E-state index is 6.89. The van der Waals surface area contributed by atoms with Gasteiger partial charge in [0.15, 0.2) is 0 Å². The maximum absolute atomic E-state index is 6.89. The largest absolute Gasteiger partial charge is 0.403 e. The van der Waals surface area contributed by atoms with E-state index in [1.165, 1.54) is 19.5 Å². The molecular formula is C23H29IOSi. The van der Waals surface area contributed by atoms with Crippen molar-refractivity contribution in [2.75, 3.05) is 6.61 Å². The summed E-state index contributed by atoms with van der Waals surface area (Å²) >= 11 is 2.40. The summed E-state index contributed by atoms with van der Waals surface area (Å²) in [5, 5.41) is 2.67. The summed E-state index contributed by atoms with van der Waals surface area (Å²) in [6.45, 7) is 11.8. The summed E-state index contributed by atoms with van der Waals surface area (Å²) in [6, 6.07) is 21.6. The lowest BCUT2D eigenvalue weighted by molar-refractivity contribution is 0.338. The van der Waals surface area contributed by atoms with Crippen molar-refractivity contribution in [1.82, 2.24) is 0 Å². The average molecular weight is 476 g/mol. The van der Waals surface area contributed by atoms with Crippen molar-refractivity contribution in [1.29, 1.82) is 0 Å². The van der Waals surface area contributed by atoms with Crippen molar-refractivity contribution in [2.24, 2.45) is 0 Å². The van der Waals surface area contributed by atoms with Crippen molar-refractivity contribution in [3.63, 3.8) is 0 Å². The topological polar surface area (TPSA) is 9.23 Å². The second-order valence-corrected chi connectivity index (χ2v) is 13.5. The van der Waals surface area contributed by atoms with Crippen LogP contribution in [0, 0.1) is 0 Å². The summed E-state index contributed by atoms with van der Waals surface area (Å²) in [4.78, 5) is 0. The van der Waals surface area contributed by atoms with E-state index in [4.69, 9.17) is 4.43 Å². The molecule has 0 fully saturated rings. The Morgan fingerprint density at radius 2 is 1.35 bits per heavy atom. The Kier molecular flexibility index (Phi) is 7.44. The minimum atomic E-state index is -2.43. The molecule has 26 heavy (non-hydrogen) atoms. The third-order valence-corrected chi connectivity index (χ3v) is 10.1. The Morgan fingerprint density at radius 3 is 1.73 bits per heavy atom. The minimum Gasteiger partial charge on any atom is -0.403 e. The Labute approximate surface area is 173 Å². The van der Waals surface area contributed by atoms with Gasteiger partial charge in [0.2, 0.25) is 0 Å². The van der Waals surface area contributed by atoms with Gasteiger partial charge in [0.25, 0.3) is 8.32 Å². The first-order valence-electron chi connectivity index (χ1n) is 9.02. The normalized spacial score (nSPS) is 12.8. The van der Waals surface area contributed by atoms with Gasteiger partial charge in [0.1, 0.15) is 0 Å². The molecule has 0 bridgehead atoms. The number of allylic oxidation sites excluding steroid dienone is 3. The highest BCUT2D eigenvalue weighted by atomic mass is 127. The number of hydrogen-bond acceptors (Lipinski definition) is 1. The molecule has 0 unspecified atom stereocenters. The molecule has 0 aliphatic heterocycles. The van der Waals surface area contributed by atoms with E-state index in [0.29, 0.717) is 6.61 Å². The fraction of sp³-hybridized carbons (Fsp3) is 0.304. The Morgan fingerprint density at radius 1 is 0.885 bits per heavy atom. The molecule has 3 heteroatoms. The summed E-state index contributed by atoms with van der Waals surface area (Å²) in [6.07, 6.45) is 4.31. The van der Waals surface area contributed by atoms with Crippen molar-refractivity contribution >= 4 is 41.3 Å². The Hall–Kier alpha value is -1.17. The third kappa shape index (κ3) is 4.96. The highest BCUT2D eigenvalue weighted by molar-refractivity contribution is 14.1. The quantitative estimate of drug-likeness (QED) is 0.289. The van der Waals surface area contributed by atoms with E-state index >= 15 is 0 Å². The first-order valence-corrected chi connectivity index (χ1v) is 12.0. The average Bonchev–Trinajstić information content (AvgIpc) is 2.61. The Bertz CT molecular complexity index is 714. The van der Waals surface area contributed by atoms with Crippen LogP contribution in [0.25, 0.3) is 0 Å². The van der Waals surface area contributed by atoms with E-state index < -0.39 is 8.32 Å². The lowest BCUT2D eigenvalue weighted by Gasteiger charge is -2.43. The molecule has 0 aliphatic rings. The van der Waals surface area contributed by atoms with Crippen LogP contribution in [0.15, 0.2) is 82.0 Å². The molecule has 0 spiro atoms. The molecular weight excluding hydrogens is 447 g/mol. The zero-order valence-corrected chi connectivity index (χ0v) is 19.6. The SMILES string of the molecule is CC(C)=C/C=C(\I)CO[Si](c1ccccc1)(c1ccccc1)C(C)(C)C. The second kappa shape index (κ2) is 9.15. The van der Waals surface area contributed by atoms with E-state index in [2.05, 4.69) is 130 Å². The van der Waals surface area contributed by atoms with Gasteiger partial charge in [0.05, 0.1) is 6.61 Å². The monoisotopic (exact) mass is 476 g/mol. The predicted octanol–water partition coefficient (Wildman–Crippen LogP) is 5.85. The lowest BCUT2D eigenvalue weighted by atomic mass is 10.2. The van der Waals surface area contributed by atoms with Gasteiger partial charge in [-0.2, -0.15) is 0 Å².